The van der Waals surface area contributed by atoms with Crippen molar-refractivity contribution in [2.24, 2.45) is 0 Å². The lowest BCUT2D eigenvalue weighted by atomic mass is 10.0. The molecule has 2 aromatic rings. The maximum Gasteiger partial charge on any atom is 0.262 e. The van der Waals surface area contributed by atoms with E-state index < -0.39 is 35.1 Å². The van der Waals surface area contributed by atoms with Crippen molar-refractivity contribution in [2.45, 2.75) is 26.3 Å². The number of nitrogens with one attached hydrogen (secondary N) is 2. The fourth-order valence-electron chi connectivity index (χ4n) is 3.44. The minimum atomic E-state index is -0.683. The van der Waals surface area contributed by atoms with Gasteiger partial charge in [-0.3, -0.25) is 34.2 Å². The van der Waals surface area contributed by atoms with E-state index in [1.807, 2.05) is 0 Å². The Morgan fingerprint density at radius 3 is 2.14 bits per heavy atom. The Morgan fingerprint density at radius 2 is 1.45 bits per heavy atom. The van der Waals surface area contributed by atoms with Gasteiger partial charge < -0.3 is 5.32 Å². The minimum absolute atomic E-state index is 0.177. The zero-order valence-corrected chi connectivity index (χ0v) is 16.0. The highest BCUT2D eigenvalue weighted by Crippen LogP contribution is 2.30. The van der Waals surface area contributed by atoms with Crippen molar-refractivity contribution >= 4 is 35.2 Å². The van der Waals surface area contributed by atoms with Gasteiger partial charge in [0.1, 0.15) is 0 Å². The van der Waals surface area contributed by atoms with E-state index in [9.17, 15) is 24.0 Å². The number of hydrogen-bond acceptors (Lipinski definition) is 5. The first kappa shape index (κ1) is 18.5. The molecular weight excluding hydrogens is 374 g/mol. The molecule has 0 saturated carbocycles. The molecule has 0 bridgehead atoms. The normalized spacial score (nSPS) is 15.3. The van der Waals surface area contributed by atoms with Gasteiger partial charge in [-0.1, -0.05) is 0 Å². The van der Waals surface area contributed by atoms with Gasteiger partial charge >= 0.3 is 0 Å². The standard InChI is InChI=1S/C21H17N3O5/c1-21(2,3)24-19(28)13-6-4-10(8-15(13)20(24)29)16(25)22-11-5-7-12-14(9-11)18(27)23-17(12)26/h4-9H,1-3H3,(H,22,25)(H,23,26,27). The summed E-state index contributed by atoms with van der Waals surface area (Å²) in [5.74, 6) is -2.34. The van der Waals surface area contributed by atoms with E-state index in [2.05, 4.69) is 10.6 Å². The molecule has 0 saturated heterocycles. The molecule has 146 valence electrons. The molecule has 0 spiro atoms. The van der Waals surface area contributed by atoms with Crippen LogP contribution in [0.1, 0.15) is 72.6 Å². The maximum absolute atomic E-state index is 12.7. The molecule has 2 aliphatic rings. The smallest absolute Gasteiger partial charge is 0.262 e. The number of rotatable bonds is 2. The number of benzene rings is 2. The van der Waals surface area contributed by atoms with Crippen LogP contribution in [0.5, 0.6) is 0 Å². The Hall–Kier alpha value is -3.81. The van der Waals surface area contributed by atoms with Crippen molar-refractivity contribution in [3.8, 4) is 0 Å². The topological polar surface area (TPSA) is 113 Å². The largest absolute Gasteiger partial charge is 0.322 e. The van der Waals surface area contributed by atoms with E-state index in [1.165, 1.54) is 41.3 Å². The fraction of sp³-hybridized carbons (Fsp3) is 0.190. The van der Waals surface area contributed by atoms with Crippen molar-refractivity contribution in [1.82, 2.24) is 10.2 Å². The molecule has 0 aliphatic carbocycles. The summed E-state index contributed by atoms with van der Waals surface area (Å²) in [5, 5.41) is 4.83. The molecule has 4 rings (SSSR count). The summed E-state index contributed by atoms with van der Waals surface area (Å²) >= 11 is 0. The Bertz CT molecular complexity index is 1140. The van der Waals surface area contributed by atoms with Gasteiger partial charge in [0.25, 0.3) is 29.5 Å². The zero-order valence-electron chi connectivity index (χ0n) is 16.0. The number of anilines is 1. The van der Waals surface area contributed by atoms with Crippen LogP contribution in [0.2, 0.25) is 0 Å². The third-order valence-electron chi connectivity index (χ3n) is 4.81. The number of carbonyl (C=O) groups is 5. The van der Waals surface area contributed by atoms with Crippen LogP contribution < -0.4 is 10.6 Å². The maximum atomic E-state index is 12.7. The van der Waals surface area contributed by atoms with Crippen LogP contribution >= 0.6 is 0 Å². The second kappa shape index (κ2) is 6.10. The van der Waals surface area contributed by atoms with Gasteiger partial charge in [-0.2, -0.15) is 0 Å². The number of carbonyl (C=O) groups excluding carboxylic acids is 5. The van der Waals surface area contributed by atoms with Crippen LogP contribution in [0.4, 0.5) is 5.69 Å². The highest BCUT2D eigenvalue weighted by Gasteiger charge is 2.42. The first-order valence-electron chi connectivity index (χ1n) is 8.92. The van der Waals surface area contributed by atoms with Gasteiger partial charge in [0.2, 0.25) is 0 Å². The van der Waals surface area contributed by atoms with E-state index in [0.29, 0.717) is 5.69 Å². The number of nitrogens with zero attached hydrogens (tertiary/aromatic N) is 1. The number of amides is 5. The minimum Gasteiger partial charge on any atom is -0.322 e. The first-order valence-corrected chi connectivity index (χ1v) is 8.92. The van der Waals surface area contributed by atoms with E-state index in [1.54, 1.807) is 20.8 Å². The van der Waals surface area contributed by atoms with Crippen LogP contribution in [-0.2, 0) is 0 Å². The van der Waals surface area contributed by atoms with Crippen molar-refractivity contribution < 1.29 is 24.0 Å². The summed E-state index contributed by atoms with van der Waals surface area (Å²) in [7, 11) is 0. The average Bonchev–Trinajstić information content (AvgIpc) is 3.07. The van der Waals surface area contributed by atoms with Crippen LogP contribution in [0.25, 0.3) is 0 Å². The lowest BCUT2D eigenvalue weighted by molar-refractivity contribution is 0.0507. The Labute approximate surface area is 165 Å². The van der Waals surface area contributed by atoms with E-state index in [0.717, 1.165) is 0 Å². The van der Waals surface area contributed by atoms with Crippen molar-refractivity contribution in [2.75, 3.05) is 5.32 Å². The molecule has 2 aliphatic heterocycles. The van der Waals surface area contributed by atoms with Crippen molar-refractivity contribution in [1.29, 1.82) is 0 Å². The SMILES string of the molecule is CC(C)(C)N1C(=O)c2ccc(C(=O)Nc3ccc4c(c3)C(=O)NC4=O)cc2C1=O. The Morgan fingerprint density at radius 1 is 0.828 bits per heavy atom. The lowest BCUT2D eigenvalue weighted by Gasteiger charge is -2.29. The summed E-state index contributed by atoms with van der Waals surface area (Å²) in [6.45, 7) is 5.28. The van der Waals surface area contributed by atoms with Crippen LogP contribution in [0.15, 0.2) is 36.4 Å². The molecule has 0 unspecified atom stereocenters. The van der Waals surface area contributed by atoms with Gasteiger partial charge in [0.05, 0.1) is 22.3 Å². The van der Waals surface area contributed by atoms with E-state index in [-0.39, 0.29) is 27.8 Å². The van der Waals surface area contributed by atoms with Crippen LogP contribution in [0.3, 0.4) is 0 Å². The number of fused-ring (bicyclic) bond motifs is 2. The van der Waals surface area contributed by atoms with Gasteiger partial charge in [-0.25, -0.2) is 0 Å². The molecule has 8 nitrogen and oxygen atoms in total. The fourth-order valence-corrected chi connectivity index (χ4v) is 3.44. The summed E-state index contributed by atoms with van der Waals surface area (Å²) in [4.78, 5) is 62.4. The average molecular weight is 391 g/mol. The molecule has 0 radical (unpaired) electrons. The highest BCUT2D eigenvalue weighted by molar-refractivity contribution is 6.23. The molecule has 5 amide bonds. The van der Waals surface area contributed by atoms with Crippen molar-refractivity contribution in [3.63, 3.8) is 0 Å². The second-order valence-electron chi connectivity index (χ2n) is 7.87. The zero-order chi connectivity index (χ0) is 21.1. The monoisotopic (exact) mass is 391 g/mol. The number of imide groups is 2. The Balaban J connectivity index is 1.61. The molecule has 8 heteroatoms. The van der Waals surface area contributed by atoms with Gasteiger partial charge in [-0.05, 0) is 57.2 Å². The summed E-state index contributed by atoms with van der Waals surface area (Å²) < 4.78 is 0. The number of hydrogen-bond donors (Lipinski definition) is 2. The third-order valence-corrected chi connectivity index (χ3v) is 4.81. The molecule has 29 heavy (non-hydrogen) atoms. The van der Waals surface area contributed by atoms with Gasteiger partial charge in [-0.15, -0.1) is 0 Å². The predicted molar refractivity (Wildman–Crippen MR) is 103 cm³/mol. The van der Waals surface area contributed by atoms with Crippen molar-refractivity contribution in [3.05, 3.63) is 64.2 Å². The Kier molecular flexibility index (Phi) is 3.90. The molecule has 0 atom stereocenters. The first-order chi connectivity index (χ1) is 13.6. The molecule has 2 heterocycles. The van der Waals surface area contributed by atoms with Gasteiger partial charge in [0.15, 0.2) is 0 Å². The lowest BCUT2D eigenvalue weighted by Crippen LogP contribution is -2.45. The summed E-state index contributed by atoms with van der Waals surface area (Å²) in [6.07, 6.45) is 0. The molecular formula is C21H17N3O5. The highest BCUT2D eigenvalue weighted by atomic mass is 16.2. The quantitative estimate of drug-likeness (QED) is 0.762. The molecule has 0 fully saturated rings. The van der Waals surface area contributed by atoms with Gasteiger partial charge in [0, 0.05) is 16.8 Å². The summed E-state index contributed by atoms with van der Waals surface area (Å²) in [6, 6.07) is 8.70. The van der Waals surface area contributed by atoms with Crippen LogP contribution in [-0.4, -0.2) is 40.0 Å². The second-order valence-corrected chi connectivity index (χ2v) is 7.87. The summed E-state index contributed by atoms with van der Waals surface area (Å²) in [5.41, 5.74) is 0.711. The van der Waals surface area contributed by atoms with Crippen LogP contribution in [0, 0.1) is 0 Å². The van der Waals surface area contributed by atoms with E-state index >= 15 is 0 Å². The predicted octanol–water partition coefficient (Wildman–Crippen LogP) is 2.22. The molecule has 2 N–H and O–H groups in total. The molecule has 2 aromatic carbocycles. The third kappa shape index (κ3) is 2.89. The van der Waals surface area contributed by atoms with E-state index in [4.69, 9.17) is 0 Å². The molecule has 0 aromatic heterocycles.